The van der Waals surface area contributed by atoms with Crippen molar-refractivity contribution < 1.29 is 24.4 Å². The third kappa shape index (κ3) is 4.90. The Morgan fingerprint density at radius 2 is 1.13 bits per heavy atom. The van der Waals surface area contributed by atoms with Gasteiger partial charge in [-0.1, -0.05) is 61.5 Å². The first kappa shape index (κ1) is 22.8. The smallest absolute Gasteiger partial charge is 0.143 e. The van der Waals surface area contributed by atoms with Gasteiger partial charge in [-0.2, -0.15) is 0 Å². The molecule has 0 bridgehead atoms. The normalized spacial score (nSPS) is 13.5. The summed E-state index contributed by atoms with van der Waals surface area (Å²) in [6.07, 6.45) is -1.43. The van der Waals surface area contributed by atoms with E-state index in [1.807, 2.05) is 85.8 Å². The van der Waals surface area contributed by atoms with Crippen LogP contribution in [0.5, 0.6) is 11.5 Å². The van der Waals surface area contributed by atoms with Gasteiger partial charge in [0, 0.05) is 0 Å². The predicted molar refractivity (Wildman–Crippen MR) is 121 cm³/mol. The Kier molecular flexibility index (Phi) is 7.69. The van der Waals surface area contributed by atoms with Crippen molar-refractivity contribution in [2.24, 2.45) is 0 Å². The van der Waals surface area contributed by atoms with Gasteiger partial charge in [0.15, 0.2) is 0 Å². The van der Waals surface area contributed by atoms with Crippen LogP contribution < -0.4 is 9.47 Å². The van der Waals surface area contributed by atoms with Crippen LogP contribution in [0.15, 0.2) is 78.9 Å². The molecule has 0 heterocycles. The minimum absolute atomic E-state index is 0.0397. The molecule has 2 atom stereocenters. The second-order valence-electron chi connectivity index (χ2n) is 7.36. The molecule has 0 saturated heterocycles. The van der Waals surface area contributed by atoms with Gasteiger partial charge >= 0.3 is 0 Å². The zero-order chi connectivity index (χ0) is 22.3. The third-order valence-corrected chi connectivity index (χ3v) is 5.51. The highest BCUT2D eigenvalue weighted by molar-refractivity contribution is 5.49. The molecule has 2 N–H and O–H groups in total. The fraction of sp³-hybridized carbons (Fsp3) is 0.308. The van der Waals surface area contributed by atoms with E-state index in [4.69, 9.17) is 14.2 Å². The first-order valence-corrected chi connectivity index (χ1v) is 10.4. The Hall–Kier alpha value is -2.86. The monoisotopic (exact) mass is 422 g/mol. The molecule has 3 rings (SSSR count). The van der Waals surface area contributed by atoms with Crippen molar-refractivity contribution in [1.29, 1.82) is 0 Å². The summed E-state index contributed by atoms with van der Waals surface area (Å²) >= 11 is 0. The van der Waals surface area contributed by atoms with Crippen LogP contribution in [0.1, 0.15) is 30.0 Å². The molecule has 3 aromatic carbocycles. The van der Waals surface area contributed by atoms with Gasteiger partial charge in [-0.15, -0.1) is 0 Å². The molecule has 3 aromatic rings. The van der Waals surface area contributed by atoms with Gasteiger partial charge in [-0.25, -0.2) is 0 Å². The Morgan fingerprint density at radius 1 is 0.677 bits per heavy atom. The highest BCUT2D eigenvalue weighted by Gasteiger charge is 2.38. The van der Waals surface area contributed by atoms with E-state index in [-0.39, 0.29) is 6.61 Å². The summed E-state index contributed by atoms with van der Waals surface area (Å²) < 4.78 is 17.2. The lowest BCUT2D eigenvalue weighted by atomic mass is 9.80. The van der Waals surface area contributed by atoms with E-state index < -0.39 is 17.8 Å². The van der Waals surface area contributed by atoms with Crippen molar-refractivity contribution in [2.45, 2.75) is 31.2 Å². The van der Waals surface area contributed by atoms with E-state index in [1.165, 1.54) is 0 Å². The number of ether oxygens (including phenoxy) is 3. The lowest BCUT2D eigenvalue weighted by molar-refractivity contribution is -0.0787. The average Bonchev–Trinajstić information content (AvgIpc) is 2.85. The summed E-state index contributed by atoms with van der Waals surface area (Å²) in [7, 11) is 3.25. The maximum atomic E-state index is 10.5. The number of benzene rings is 3. The molecule has 0 spiro atoms. The topological polar surface area (TPSA) is 68.2 Å². The van der Waals surface area contributed by atoms with Crippen molar-refractivity contribution in [3.05, 3.63) is 95.6 Å². The van der Waals surface area contributed by atoms with Crippen LogP contribution in [0.2, 0.25) is 0 Å². The number of hydrogen-bond donors (Lipinski definition) is 2. The largest absolute Gasteiger partial charge is 0.497 e. The van der Waals surface area contributed by atoms with E-state index in [1.54, 1.807) is 14.2 Å². The molecule has 0 unspecified atom stereocenters. The lowest BCUT2D eigenvalue weighted by Gasteiger charge is -2.37. The number of methoxy groups -OCH3 is 2. The van der Waals surface area contributed by atoms with Gasteiger partial charge in [0.25, 0.3) is 0 Å². The number of hydrogen-bond acceptors (Lipinski definition) is 5. The summed E-state index contributed by atoms with van der Waals surface area (Å²) in [4.78, 5) is 0. The number of aliphatic hydroxyl groups is 2. The zero-order valence-corrected chi connectivity index (χ0v) is 18.2. The van der Waals surface area contributed by atoms with Gasteiger partial charge in [-0.3, -0.25) is 0 Å². The van der Waals surface area contributed by atoms with Crippen LogP contribution in [-0.4, -0.2) is 43.2 Å². The molecule has 0 amide bonds. The van der Waals surface area contributed by atoms with Crippen molar-refractivity contribution in [3.8, 4) is 11.5 Å². The second kappa shape index (κ2) is 10.4. The van der Waals surface area contributed by atoms with Crippen molar-refractivity contribution in [3.63, 3.8) is 0 Å². The van der Waals surface area contributed by atoms with Crippen molar-refractivity contribution >= 4 is 0 Å². The van der Waals surface area contributed by atoms with Gasteiger partial charge in [0.2, 0.25) is 0 Å². The first-order chi connectivity index (χ1) is 15.0. The van der Waals surface area contributed by atoms with Crippen LogP contribution in [0.3, 0.4) is 0 Å². The minimum atomic E-state index is -1.01. The maximum Gasteiger partial charge on any atom is 0.143 e. The molecule has 0 aliphatic carbocycles. The SMILES string of the molecule is CC[C@H](O)[C@H](O)COC(c1ccccc1)(c1ccc(OC)cc1)c1ccc(OC)cc1. The fourth-order valence-corrected chi connectivity index (χ4v) is 3.67. The van der Waals surface area contributed by atoms with Crippen molar-refractivity contribution in [1.82, 2.24) is 0 Å². The highest BCUT2D eigenvalue weighted by atomic mass is 16.5. The molecule has 5 heteroatoms. The van der Waals surface area contributed by atoms with Gasteiger partial charge in [0.1, 0.15) is 23.2 Å². The third-order valence-electron chi connectivity index (χ3n) is 5.51. The average molecular weight is 423 g/mol. The molecule has 164 valence electrons. The Balaban J connectivity index is 2.18. The van der Waals surface area contributed by atoms with Gasteiger partial charge in [-0.05, 0) is 47.4 Å². The standard InChI is InChI=1S/C26H30O5/c1-4-24(27)25(28)18-31-26(19-8-6-5-7-9-19,20-10-14-22(29-2)15-11-20)21-12-16-23(30-3)17-13-21/h5-17,24-25,27-28H,4,18H2,1-3H3/t24-,25+/m0/s1. The highest BCUT2D eigenvalue weighted by Crippen LogP contribution is 2.41. The molecule has 31 heavy (non-hydrogen) atoms. The quantitative estimate of drug-likeness (QED) is 0.481. The fourth-order valence-electron chi connectivity index (χ4n) is 3.67. The summed E-state index contributed by atoms with van der Waals surface area (Å²) in [5, 5.41) is 20.6. The molecule has 0 aliphatic heterocycles. The number of rotatable bonds is 10. The number of aliphatic hydroxyl groups excluding tert-OH is 2. The Bertz CT molecular complexity index is 875. The van der Waals surface area contributed by atoms with E-state index in [2.05, 4.69) is 0 Å². The molecule has 0 aliphatic rings. The molecule has 5 nitrogen and oxygen atoms in total. The molecule has 0 radical (unpaired) electrons. The molecule has 0 aromatic heterocycles. The van der Waals surface area contributed by atoms with Crippen LogP contribution in [0.25, 0.3) is 0 Å². The van der Waals surface area contributed by atoms with Crippen LogP contribution >= 0.6 is 0 Å². The van der Waals surface area contributed by atoms with E-state index in [9.17, 15) is 10.2 Å². The van der Waals surface area contributed by atoms with Crippen LogP contribution in [0.4, 0.5) is 0 Å². The Morgan fingerprint density at radius 3 is 1.55 bits per heavy atom. The predicted octanol–water partition coefficient (Wildman–Crippen LogP) is 4.14. The van der Waals surface area contributed by atoms with Crippen LogP contribution in [-0.2, 0) is 10.3 Å². The maximum absolute atomic E-state index is 10.5. The molecular weight excluding hydrogens is 392 g/mol. The van der Waals surface area contributed by atoms with Crippen molar-refractivity contribution in [2.75, 3.05) is 20.8 Å². The molecule has 0 fully saturated rings. The lowest BCUT2D eigenvalue weighted by Crippen LogP contribution is -2.38. The van der Waals surface area contributed by atoms with Crippen LogP contribution in [0, 0.1) is 0 Å². The minimum Gasteiger partial charge on any atom is -0.497 e. The summed E-state index contributed by atoms with van der Waals surface area (Å²) in [6.45, 7) is 1.78. The van der Waals surface area contributed by atoms with Gasteiger partial charge in [0.05, 0.1) is 26.9 Å². The molecular formula is C26H30O5. The summed E-state index contributed by atoms with van der Waals surface area (Å²) in [5.41, 5.74) is 1.66. The molecule has 0 saturated carbocycles. The summed E-state index contributed by atoms with van der Waals surface area (Å²) in [5.74, 6) is 1.48. The Labute approximate surface area is 183 Å². The second-order valence-corrected chi connectivity index (χ2v) is 7.36. The van der Waals surface area contributed by atoms with E-state index >= 15 is 0 Å². The first-order valence-electron chi connectivity index (χ1n) is 10.4. The van der Waals surface area contributed by atoms with Gasteiger partial charge < -0.3 is 24.4 Å². The van der Waals surface area contributed by atoms with E-state index in [0.717, 1.165) is 28.2 Å². The van der Waals surface area contributed by atoms with E-state index in [0.29, 0.717) is 6.42 Å². The summed E-state index contributed by atoms with van der Waals surface area (Å²) in [6, 6.07) is 25.2. The zero-order valence-electron chi connectivity index (χ0n) is 18.2.